The first-order valence-corrected chi connectivity index (χ1v) is 11.6. The fraction of sp³-hybridized carbons (Fsp3) is 0.407. The zero-order chi connectivity index (χ0) is 22.5. The number of piperazine rings is 1. The number of benzene rings is 2. The molecule has 0 aromatic heterocycles. The molecule has 2 heterocycles. The van der Waals surface area contributed by atoms with Gasteiger partial charge in [0.25, 0.3) is 5.91 Å². The highest BCUT2D eigenvalue weighted by Crippen LogP contribution is 2.22. The topological polar surface area (TPSA) is 43.9 Å². The quantitative estimate of drug-likeness (QED) is 0.722. The molecule has 0 saturated carbocycles. The van der Waals surface area contributed by atoms with Crippen molar-refractivity contribution in [1.82, 2.24) is 14.7 Å². The SMILES string of the molecule is CC(C)c1ccc(C(=O)N2CCN(CC(=O)N3CC=C(c4ccccc4)CC3)CC2)cc1. The Labute approximate surface area is 191 Å². The van der Waals surface area contributed by atoms with Crippen molar-refractivity contribution >= 4 is 17.4 Å². The monoisotopic (exact) mass is 431 g/mol. The van der Waals surface area contributed by atoms with Gasteiger partial charge in [-0.1, -0.05) is 62.4 Å². The molecular formula is C27H33N3O2. The van der Waals surface area contributed by atoms with Gasteiger partial charge in [0.05, 0.1) is 6.54 Å². The molecule has 168 valence electrons. The van der Waals surface area contributed by atoms with E-state index >= 15 is 0 Å². The van der Waals surface area contributed by atoms with E-state index in [-0.39, 0.29) is 11.8 Å². The summed E-state index contributed by atoms with van der Waals surface area (Å²) in [4.78, 5) is 31.7. The molecule has 2 aliphatic rings. The van der Waals surface area contributed by atoms with Gasteiger partial charge in [-0.25, -0.2) is 0 Å². The number of hydrogen-bond acceptors (Lipinski definition) is 3. The van der Waals surface area contributed by atoms with Gasteiger partial charge in [-0.3, -0.25) is 14.5 Å². The second kappa shape index (κ2) is 10.1. The van der Waals surface area contributed by atoms with Crippen molar-refractivity contribution in [3.8, 4) is 0 Å². The van der Waals surface area contributed by atoms with Crippen LogP contribution in [0.25, 0.3) is 5.57 Å². The summed E-state index contributed by atoms with van der Waals surface area (Å²) >= 11 is 0. The fourth-order valence-electron chi connectivity index (χ4n) is 4.40. The number of carbonyl (C=O) groups excluding carboxylic acids is 2. The molecule has 2 aromatic rings. The van der Waals surface area contributed by atoms with Crippen LogP contribution in [0, 0.1) is 0 Å². The van der Waals surface area contributed by atoms with Crippen LogP contribution in [0.2, 0.25) is 0 Å². The number of nitrogens with zero attached hydrogens (tertiary/aromatic N) is 3. The molecular weight excluding hydrogens is 398 g/mol. The van der Waals surface area contributed by atoms with Crippen LogP contribution in [0.3, 0.4) is 0 Å². The van der Waals surface area contributed by atoms with E-state index < -0.39 is 0 Å². The molecule has 0 aliphatic carbocycles. The van der Waals surface area contributed by atoms with Crippen LogP contribution in [-0.4, -0.2) is 72.3 Å². The summed E-state index contributed by atoms with van der Waals surface area (Å²) in [6.07, 6.45) is 3.07. The molecule has 0 unspecified atom stereocenters. The van der Waals surface area contributed by atoms with E-state index in [4.69, 9.17) is 0 Å². The first-order chi connectivity index (χ1) is 15.5. The van der Waals surface area contributed by atoms with Crippen molar-refractivity contribution in [3.63, 3.8) is 0 Å². The van der Waals surface area contributed by atoms with Gasteiger partial charge >= 0.3 is 0 Å². The molecule has 1 saturated heterocycles. The Balaban J connectivity index is 1.25. The van der Waals surface area contributed by atoms with Crippen molar-refractivity contribution in [2.75, 3.05) is 45.8 Å². The summed E-state index contributed by atoms with van der Waals surface area (Å²) in [6.45, 7) is 8.98. The number of amides is 2. The average Bonchev–Trinajstić information content (AvgIpc) is 2.85. The Bertz CT molecular complexity index is 958. The Hall–Kier alpha value is -2.92. The first kappa shape index (κ1) is 22.3. The minimum atomic E-state index is 0.0842. The van der Waals surface area contributed by atoms with Gasteiger partial charge in [-0.2, -0.15) is 0 Å². The summed E-state index contributed by atoms with van der Waals surface area (Å²) in [5.41, 5.74) is 4.56. The van der Waals surface area contributed by atoms with Crippen molar-refractivity contribution in [1.29, 1.82) is 0 Å². The largest absolute Gasteiger partial charge is 0.338 e. The third kappa shape index (κ3) is 5.28. The zero-order valence-corrected chi connectivity index (χ0v) is 19.2. The van der Waals surface area contributed by atoms with Crippen LogP contribution < -0.4 is 0 Å². The van der Waals surface area contributed by atoms with Crippen LogP contribution >= 0.6 is 0 Å². The Morgan fingerprint density at radius 1 is 0.844 bits per heavy atom. The van der Waals surface area contributed by atoms with Crippen LogP contribution in [0.15, 0.2) is 60.7 Å². The molecule has 5 nitrogen and oxygen atoms in total. The van der Waals surface area contributed by atoms with Gasteiger partial charge in [0.2, 0.25) is 5.91 Å². The zero-order valence-electron chi connectivity index (χ0n) is 19.2. The lowest BCUT2D eigenvalue weighted by Gasteiger charge is -2.36. The van der Waals surface area contributed by atoms with Crippen molar-refractivity contribution in [3.05, 3.63) is 77.4 Å². The van der Waals surface area contributed by atoms with E-state index in [0.29, 0.717) is 32.1 Å². The van der Waals surface area contributed by atoms with Gasteiger partial charge in [0.1, 0.15) is 0 Å². The number of carbonyl (C=O) groups is 2. The normalized spacial score (nSPS) is 17.4. The summed E-state index contributed by atoms with van der Waals surface area (Å²) in [5.74, 6) is 0.721. The first-order valence-electron chi connectivity index (χ1n) is 11.6. The highest BCUT2D eigenvalue weighted by molar-refractivity contribution is 5.94. The maximum Gasteiger partial charge on any atom is 0.253 e. The van der Waals surface area contributed by atoms with E-state index in [1.54, 1.807) is 0 Å². The highest BCUT2D eigenvalue weighted by atomic mass is 16.2. The lowest BCUT2D eigenvalue weighted by Crippen LogP contribution is -2.51. The molecule has 32 heavy (non-hydrogen) atoms. The van der Waals surface area contributed by atoms with E-state index in [2.05, 4.69) is 49.1 Å². The molecule has 0 atom stereocenters. The van der Waals surface area contributed by atoms with Crippen LogP contribution in [0.4, 0.5) is 0 Å². The Kier molecular flexibility index (Phi) is 7.05. The van der Waals surface area contributed by atoms with Crippen LogP contribution in [0.5, 0.6) is 0 Å². The van der Waals surface area contributed by atoms with Crippen molar-refractivity contribution in [2.45, 2.75) is 26.2 Å². The predicted octanol–water partition coefficient (Wildman–Crippen LogP) is 3.88. The molecule has 5 heteroatoms. The van der Waals surface area contributed by atoms with E-state index in [0.717, 1.165) is 31.6 Å². The number of rotatable bonds is 5. The lowest BCUT2D eigenvalue weighted by atomic mass is 9.99. The molecule has 2 aromatic carbocycles. The average molecular weight is 432 g/mol. The minimum absolute atomic E-state index is 0.0842. The third-order valence-electron chi connectivity index (χ3n) is 6.55. The molecule has 2 amide bonds. The molecule has 0 N–H and O–H groups in total. The van der Waals surface area contributed by atoms with Gasteiger partial charge in [-0.15, -0.1) is 0 Å². The predicted molar refractivity (Wildman–Crippen MR) is 128 cm³/mol. The van der Waals surface area contributed by atoms with Gasteiger partial charge in [0.15, 0.2) is 0 Å². The third-order valence-corrected chi connectivity index (χ3v) is 6.55. The maximum atomic E-state index is 12.8. The Morgan fingerprint density at radius 2 is 1.53 bits per heavy atom. The van der Waals surface area contributed by atoms with E-state index in [9.17, 15) is 9.59 Å². The van der Waals surface area contributed by atoms with Crippen LogP contribution in [-0.2, 0) is 4.79 Å². The standard InChI is InChI=1S/C27H33N3O2/c1-21(2)22-8-10-25(11-9-22)27(32)30-18-16-28(17-19-30)20-26(31)29-14-12-24(13-15-29)23-6-4-3-5-7-23/h3-12,21H,13-20H2,1-2H3. The van der Waals surface area contributed by atoms with Gasteiger partial charge in [-0.05, 0) is 41.2 Å². The highest BCUT2D eigenvalue weighted by Gasteiger charge is 2.25. The van der Waals surface area contributed by atoms with Gasteiger partial charge in [0, 0.05) is 44.8 Å². The smallest absolute Gasteiger partial charge is 0.253 e. The second-order valence-electron chi connectivity index (χ2n) is 9.03. The lowest BCUT2D eigenvalue weighted by molar-refractivity contribution is -0.132. The molecule has 0 radical (unpaired) electrons. The van der Waals surface area contributed by atoms with Crippen LogP contribution in [0.1, 0.15) is 47.7 Å². The Morgan fingerprint density at radius 3 is 2.12 bits per heavy atom. The molecule has 0 bridgehead atoms. The summed E-state index contributed by atoms with van der Waals surface area (Å²) in [6, 6.07) is 18.3. The number of hydrogen-bond donors (Lipinski definition) is 0. The summed E-state index contributed by atoms with van der Waals surface area (Å²) in [5, 5.41) is 0. The maximum absolute atomic E-state index is 12.8. The van der Waals surface area contributed by atoms with Gasteiger partial charge < -0.3 is 9.80 Å². The summed E-state index contributed by atoms with van der Waals surface area (Å²) < 4.78 is 0. The van der Waals surface area contributed by atoms with E-state index in [1.807, 2.05) is 40.1 Å². The van der Waals surface area contributed by atoms with Crippen molar-refractivity contribution in [2.24, 2.45) is 0 Å². The molecule has 2 aliphatic heterocycles. The molecule has 0 spiro atoms. The van der Waals surface area contributed by atoms with E-state index in [1.165, 1.54) is 16.7 Å². The molecule has 4 rings (SSSR count). The summed E-state index contributed by atoms with van der Waals surface area (Å²) in [7, 11) is 0. The molecule has 1 fully saturated rings. The van der Waals surface area contributed by atoms with Crippen molar-refractivity contribution < 1.29 is 9.59 Å². The second-order valence-corrected chi connectivity index (χ2v) is 9.03. The fourth-order valence-corrected chi connectivity index (χ4v) is 4.40. The minimum Gasteiger partial charge on any atom is -0.338 e.